The van der Waals surface area contributed by atoms with Crippen molar-refractivity contribution in [1.82, 2.24) is 18.6 Å². The van der Waals surface area contributed by atoms with Gasteiger partial charge in [-0.1, -0.05) is 30.3 Å². The number of fused-ring (bicyclic) bond motifs is 1. The number of benzene rings is 2. The van der Waals surface area contributed by atoms with Gasteiger partial charge in [-0.05, 0) is 24.3 Å². The maximum absolute atomic E-state index is 13.5. The Balaban J connectivity index is 1.36. The first-order chi connectivity index (χ1) is 17.0. The minimum absolute atomic E-state index is 0.102. The molecule has 0 unspecified atom stereocenters. The van der Waals surface area contributed by atoms with Crippen LogP contribution < -0.4 is 0 Å². The van der Waals surface area contributed by atoms with E-state index in [-0.39, 0.29) is 4.90 Å². The number of imidazole rings is 1. The average Bonchev–Trinajstić information content (AvgIpc) is 3.47. The van der Waals surface area contributed by atoms with Crippen LogP contribution in [0.3, 0.4) is 0 Å². The summed E-state index contributed by atoms with van der Waals surface area (Å²) >= 11 is 1.54. The van der Waals surface area contributed by atoms with E-state index in [1.165, 1.54) is 28.6 Å². The van der Waals surface area contributed by atoms with Crippen molar-refractivity contribution in [1.29, 1.82) is 0 Å². The summed E-state index contributed by atoms with van der Waals surface area (Å²) in [5.74, 6) is -0.459. The average molecular weight is 515 g/mol. The van der Waals surface area contributed by atoms with Crippen LogP contribution in [0.25, 0.3) is 16.2 Å². The number of thiazole rings is 1. The lowest BCUT2D eigenvalue weighted by atomic mass is 10.2. The molecule has 0 saturated carbocycles. The van der Waals surface area contributed by atoms with E-state index in [9.17, 15) is 12.8 Å². The largest absolute Gasteiger partial charge is 0.379 e. The third kappa shape index (κ3) is 5.46. The summed E-state index contributed by atoms with van der Waals surface area (Å²) in [7, 11) is -3.78. The van der Waals surface area contributed by atoms with Gasteiger partial charge in [0.2, 0.25) is 10.0 Å². The Labute approximate surface area is 208 Å². The zero-order chi connectivity index (χ0) is 24.3. The Morgan fingerprint density at radius 1 is 1.03 bits per heavy atom. The molecule has 2 aromatic heterocycles. The van der Waals surface area contributed by atoms with Crippen molar-refractivity contribution in [3.63, 3.8) is 0 Å². The van der Waals surface area contributed by atoms with Crippen molar-refractivity contribution in [2.45, 2.75) is 11.3 Å². The summed E-state index contributed by atoms with van der Waals surface area (Å²) in [6.07, 6.45) is 2.54. The van der Waals surface area contributed by atoms with E-state index in [2.05, 4.69) is 4.90 Å². The summed E-state index contributed by atoms with van der Waals surface area (Å²) in [6.45, 7) is 4.16. The minimum Gasteiger partial charge on any atom is -0.379 e. The quantitative estimate of drug-likeness (QED) is 0.340. The summed E-state index contributed by atoms with van der Waals surface area (Å²) in [5, 5.41) is 2.03. The first-order valence-corrected chi connectivity index (χ1v) is 13.9. The molecule has 2 aromatic carbocycles. The normalized spacial score (nSPS) is 15.3. The minimum atomic E-state index is -3.78. The Morgan fingerprint density at radius 2 is 1.77 bits per heavy atom. The Morgan fingerprint density at radius 3 is 2.51 bits per heavy atom. The number of hydrogen-bond acceptors (Lipinski definition) is 6. The van der Waals surface area contributed by atoms with Crippen LogP contribution in [-0.2, 0) is 21.2 Å². The molecular weight excluding hydrogens is 487 g/mol. The highest BCUT2D eigenvalue weighted by molar-refractivity contribution is 7.89. The van der Waals surface area contributed by atoms with Gasteiger partial charge >= 0.3 is 0 Å². The second-order valence-electron chi connectivity index (χ2n) is 8.43. The maximum atomic E-state index is 13.5. The van der Waals surface area contributed by atoms with Crippen molar-refractivity contribution < 1.29 is 17.5 Å². The van der Waals surface area contributed by atoms with Crippen molar-refractivity contribution in [2.24, 2.45) is 0 Å². The highest BCUT2D eigenvalue weighted by Gasteiger charge is 2.26. The molecule has 1 aliphatic heterocycles. The molecule has 0 N–H and O–H groups in total. The van der Waals surface area contributed by atoms with Crippen molar-refractivity contribution in [3.05, 3.63) is 77.7 Å². The molecule has 0 atom stereocenters. The first-order valence-electron chi connectivity index (χ1n) is 11.6. The Hall–Kier alpha value is -2.63. The third-order valence-electron chi connectivity index (χ3n) is 6.19. The number of morpholine rings is 1. The van der Waals surface area contributed by atoms with Gasteiger partial charge in [0.25, 0.3) is 0 Å². The number of aromatic nitrogens is 2. The molecule has 4 aromatic rings. The fourth-order valence-corrected chi connectivity index (χ4v) is 6.52. The van der Waals surface area contributed by atoms with Gasteiger partial charge in [0, 0.05) is 62.0 Å². The van der Waals surface area contributed by atoms with E-state index in [1.54, 1.807) is 11.3 Å². The maximum Gasteiger partial charge on any atom is 0.243 e. The van der Waals surface area contributed by atoms with Crippen LogP contribution in [0.5, 0.6) is 0 Å². The standard InChI is InChI=1S/C25H27FN4O3S2/c26-21-6-8-23(9-7-21)35(31,32)29(13-12-28-14-16-33-17-15-28)11-10-22-19-34-25-27-24(18-30(22)25)20-4-2-1-3-5-20/h1-9,18-19H,10-17H2. The van der Waals surface area contributed by atoms with Gasteiger partial charge in [-0.3, -0.25) is 9.30 Å². The number of ether oxygens (including phenoxy) is 1. The molecule has 5 rings (SSSR count). The lowest BCUT2D eigenvalue weighted by Gasteiger charge is -2.29. The van der Waals surface area contributed by atoms with E-state index in [4.69, 9.17) is 9.72 Å². The fourth-order valence-electron chi connectivity index (χ4n) is 4.18. The second-order valence-corrected chi connectivity index (χ2v) is 11.2. The van der Waals surface area contributed by atoms with Crippen LogP contribution in [-0.4, -0.2) is 72.9 Å². The van der Waals surface area contributed by atoms with Crippen LogP contribution in [0, 0.1) is 5.82 Å². The van der Waals surface area contributed by atoms with Crippen LogP contribution in [0.1, 0.15) is 5.69 Å². The fraction of sp³-hybridized carbons (Fsp3) is 0.320. The molecule has 1 fully saturated rings. The summed E-state index contributed by atoms with van der Waals surface area (Å²) in [6, 6.07) is 15.0. The molecule has 1 aliphatic rings. The SMILES string of the molecule is O=S(=O)(c1ccc(F)cc1)N(CCc1csc2nc(-c3ccccc3)cn12)CCN1CCOCC1. The highest BCUT2D eigenvalue weighted by atomic mass is 32.2. The van der Waals surface area contributed by atoms with Crippen LogP contribution >= 0.6 is 11.3 Å². The van der Waals surface area contributed by atoms with Crippen molar-refractivity contribution >= 4 is 26.3 Å². The molecule has 10 heteroatoms. The van der Waals surface area contributed by atoms with E-state index < -0.39 is 15.8 Å². The summed E-state index contributed by atoms with van der Waals surface area (Å²) in [5.41, 5.74) is 2.94. The predicted molar refractivity (Wildman–Crippen MR) is 135 cm³/mol. The van der Waals surface area contributed by atoms with E-state index in [0.717, 1.165) is 35.0 Å². The lowest BCUT2D eigenvalue weighted by molar-refractivity contribution is 0.0363. The molecule has 0 aliphatic carbocycles. The number of sulfonamides is 1. The molecule has 3 heterocycles. The van der Waals surface area contributed by atoms with Gasteiger partial charge in [0.15, 0.2) is 4.96 Å². The molecule has 0 bridgehead atoms. The number of nitrogens with zero attached hydrogens (tertiary/aromatic N) is 4. The van der Waals surface area contributed by atoms with Gasteiger partial charge < -0.3 is 4.74 Å². The van der Waals surface area contributed by atoms with Gasteiger partial charge in [0.1, 0.15) is 5.82 Å². The number of halogens is 1. The summed E-state index contributed by atoms with van der Waals surface area (Å²) < 4.78 is 49.3. The van der Waals surface area contributed by atoms with E-state index in [0.29, 0.717) is 39.3 Å². The third-order valence-corrected chi connectivity index (χ3v) is 8.99. The highest BCUT2D eigenvalue weighted by Crippen LogP contribution is 2.24. The van der Waals surface area contributed by atoms with Crippen molar-refractivity contribution in [3.8, 4) is 11.3 Å². The Kier molecular flexibility index (Phi) is 7.26. The van der Waals surface area contributed by atoms with Crippen molar-refractivity contribution in [2.75, 3.05) is 45.9 Å². The summed E-state index contributed by atoms with van der Waals surface area (Å²) in [4.78, 5) is 7.92. The van der Waals surface area contributed by atoms with Gasteiger partial charge in [-0.15, -0.1) is 11.3 Å². The molecule has 184 valence electrons. The Bertz CT molecular complexity index is 1360. The van der Waals surface area contributed by atoms with Crippen LogP contribution in [0.4, 0.5) is 4.39 Å². The molecule has 0 spiro atoms. The van der Waals surface area contributed by atoms with Gasteiger partial charge in [-0.25, -0.2) is 17.8 Å². The van der Waals surface area contributed by atoms with Gasteiger partial charge in [-0.2, -0.15) is 4.31 Å². The lowest BCUT2D eigenvalue weighted by Crippen LogP contribution is -2.43. The van der Waals surface area contributed by atoms with Gasteiger partial charge in [0.05, 0.1) is 23.8 Å². The molecule has 35 heavy (non-hydrogen) atoms. The topological polar surface area (TPSA) is 67.2 Å². The zero-order valence-electron chi connectivity index (χ0n) is 19.2. The van der Waals surface area contributed by atoms with Crippen LogP contribution in [0.2, 0.25) is 0 Å². The smallest absolute Gasteiger partial charge is 0.243 e. The molecule has 1 saturated heterocycles. The van der Waals surface area contributed by atoms with E-state index >= 15 is 0 Å². The monoisotopic (exact) mass is 514 g/mol. The second kappa shape index (κ2) is 10.5. The molecular formula is C25H27FN4O3S2. The zero-order valence-corrected chi connectivity index (χ0v) is 20.8. The number of hydrogen-bond donors (Lipinski definition) is 0. The van der Waals surface area contributed by atoms with E-state index in [1.807, 2.05) is 46.3 Å². The predicted octanol–water partition coefficient (Wildman–Crippen LogP) is 3.77. The van der Waals surface area contributed by atoms with Crippen LogP contribution in [0.15, 0.2) is 71.1 Å². The number of rotatable bonds is 9. The molecule has 0 radical (unpaired) electrons. The molecule has 0 amide bonds. The molecule has 7 nitrogen and oxygen atoms in total. The first kappa shape index (κ1) is 24.1.